The number of benzene rings is 2. The summed E-state index contributed by atoms with van der Waals surface area (Å²) in [6, 6.07) is 16.4. The van der Waals surface area contributed by atoms with Gasteiger partial charge in [-0.05, 0) is 36.2 Å². The summed E-state index contributed by atoms with van der Waals surface area (Å²) in [6.45, 7) is 2.74. The number of hydrogen-bond acceptors (Lipinski definition) is 3. The summed E-state index contributed by atoms with van der Waals surface area (Å²) in [5, 5.41) is 2.82. The minimum Gasteiger partial charge on any atom is -0.326 e. The molecule has 0 saturated carbocycles. The molecule has 2 amide bonds. The largest absolute Gasteiger partial charge is 0.326 e. The van der Waals surface area contributed by atoms with Crippen molar-refractivity contribution in [2.75, 3.05) is 11.9 Å². The number of nitrogens with one attached hydrogen (secondary N) is 3. The Labute approximate surface area is 136 Å². The monoisotopic (exact) mass is 311 g/mol. The zero-order chi connectivity index (χ0) is 16.5. The van der Waals surface area contributed by atoms with Crippen LogP contribution in [0, 0.1) is 0 Å². The molecule has 0 aliphatic rings. The molecule has 0 radical (unpaired) electrons. The summed E-state index contributed by atoms with van der Waals surface area (Å²) in [5.74, 6) is -0.279. The topological polar surface area (TPSA) is 70.2 Å². The van der Waals surface area contributed by atoms with E-state index in [9.17, 15) is 9.59 Å². The zero-order valence-electron chi connectivity index (χ0n) is 13.1. The first kappa shape index (κ1) is 16.7. The van der Waals surface area contributed by atoms with Gasteiger partial charge in [0.15, 0.2) is 0 Å². The molecule has 0 heterocycles. The van der Waals surface area contributed by atoms with Crippen molar-refractivity contribution < 1.29 is 9.59 Å². The second kappa shape index (κ2) is 8.70. The van der Waals surface area contributed by atoms with Crippen LogP contribution < -0.4 is 16.2 Å². The quantitative estimate of drug-likeness (QED) is 0.543. The molecule has 0 fully saturated rings. The summed E-state index contributed by atoms with van der Waals surface area (Å²) in [6.07, 6.45) is 1.26. The first-order valence-electron chi connectivity index (χ1n) is 7.66. The Hall–Kier alpha value is -2.66. The van der Waals surface area contributed by atoms with E-state index in [1.54, 1.807) is 24.3 Å². The maximum atomic E-state index is 12.0. The van der Waals surface area contributed by atoms with Crippen LogP contribution in [-0.2, 0) is 11.2 Å². The standard InChI is InChI=1S/C18H21N3O2/c1-2-12-19-21-18(23)15-8-10-16(11-9-15)20-17(22)13-14-6-4-3-5-7-14/h3-11,19H,2,12-13H2,1H3,(H,20,22)(H,21,23). The average Bonchev–Trinajstić information content (AvgIpc) is 2.56. The predicted molar refractivity (Wildman–Crippen MR) is 91.0 cm³/mol. The van der Waals surface area contributed by atoms with Crippen LogP contribution in [0.5, 0.6) is 0 Å². The van der Waals surface area contributed by atoms with Gasteiger partial charge < -0.3 is 5.32 Å². The Kier molecular flexibility index (Phi) is 6.32. The molecular formula is C18H21N3O2. The van der Waals surface area contributed by atoms with Gasteiger partial charge >= 0.3 is 0 Å². The van der Waals surface area contributed by atoms with Crippen molar-refractivity contribution in [2.24, 2.45) is 0 Å². The lowest BCUT2D eigenvalue weighted by molar-refractivity contribution is -0.115. The van der Waals surface area contributed by atoms with Crippen LogP contribution in [0.3, 0.4) is 0 Å². The smallest absolute Gasteiger partial charge is 0.265 e. The summed E-state index contributed by atoms with van der Waals surface area (Å²) in [4.78, 5) is 23.8. The SMILES string of the molecule is CCCNNC(=O)c1ccc(NC(=O)Cc2ccccc2)cc1. The van der Waals surface area contributed by atoms with Crippen LogP contribution in [-0.4, -0.2) is 18.4 Å². The highest BCUT2D eigenvalue weighted by Gasteiger charge is 2.06. The van der Waals surface area contributed by atoms with Gasteiger partial charge in [-0.2, -0.15) is 0 Å². The molecule has 2 rings (SSSR count). The summed E-state index contributed by atoms with van der Waals surface area (Å²) < 4.78 is 0. The second-order valence-corrected chi connectivity index (χ2v) is 5.17. The van der Waals surface area contributed by atoms with Gasteiger partial charge in [0.1, 0.15) is 0 Å². The molecule has 0 spiro atoms. The van der Waals surface area contributed by atoms with Gasteiger partial charge in [-0.25, -0.2) is 5.43 Å². The number of hydrazine groups is 1. The van der Waals surface area contributed by atoms with Crippen molar-refractivity contribution >= 4 is 17.5 Å². The Morgan fingerprint density at radius 2 is 1.65 bits per heavy atom. The molecule has 5 nitrogen and oxygen atoms in total. The van der Waals surface area contributed by atoms with Crippen LogP contribution in [0.15, 0.2) is 54.6 Å². The number of carbonyl (C=O) groups excluding carboxylic acids is 2. The number of amides is 2. The fraction of sp³-hybridized carbons (Fsp3) is 0.222. The third kappa shape index (κ3) is 5.56. The third-order valence-electron chi connectivity index (χ3n) is 3.22. The van der Waals surface area contributed by atoms with Crippen molar-refractivity contribution in [2.45, 2.75) is 19.8 Å². The molecule has 2 aromatic rings. The van der Waals surface area contributed by atoms with E-state index in [1.165, 1.54) is 0 Å². The Bertz CT molecular complexity index is 639. The third-order valence-corrected chi connectivity index (χ3v) is 3.22. The van der Waals surface area contributed by atoms with Gasteiger partial charge in [0.2, 0.25) is 5.91 Å². The summed E-state index contributed by atoms with van der Waals surface area (Å²) in [7, 11) is 0. The molecule has 3 N–H and O–H groups in total. The normalized spacial score (nSPS) is 10.1. The van der Waals surface area contributed by atoms with Crippen molar-refractivity contribution in [1.29, 1.82) is 0 Å². The lowest BCUT2D eigenvalue weighted by atomic mass is 10.1. The number of rotatable bonds is 7. The number of hydrogen-bond donors (Lipinski definition) is 3. The van der Waals surface area contributed by atoms with E-state index in [2.05, 4.69) is 16.2 Å². The lowest BCUT2D eigenvalue weighted by Gasteiger charge is -2.08. The summed E-state index contributed by atoms with van der Waals surface area (Å²) in [5.41, 5.74) is 7.62. The maximum Gasteiger partial charge on any atom is 0.265 e. The zero-order valence-corrected chi connectivity index (χ0v) is 13.1. The highest BCUT2D eigenvalue weighted by atomic mass is 16.2. The van der Waals surface area contributed by atoms with Crippen LogP contribution in [0.2, 0.25) is 0 Å². The van der Waals surface area contributed by atoms with E-state index in [4.69, 9.17) is 0 Å². The Balaban J connectivity index is 1.87. The second-order valence-electron chi connectivity index (χ2n) is 5.17. The highest BCUT2D eigenvalue weighted by Crippen LogP contribution is 2.10. The minimum absolute atomic E-state index is 0.0852. The molecule has 0 atom stereocenters. The van der Waals surface area contributed by atoms with Gasteiger partial charge in [0.05, 0.1) is 6.42 Å². The molecule has 0 saturated heterocycles. The lowest BCUT2D eigenvalue weighted by Crippen LogP contribution is -2.37. The van der Waals surface area contributed by atoms with Crippen molar-refractivity contribution in [1.82, 2.24) is 10.9 Å². The molecule has 0 aliphatic heterocycles. The molecule has 0 bridgehead atoms. The van der Waals surface area contributed by atoms with Gasteiger partial charge in [0.25, 0.3) is 5.91 Å². The highest BCUT2D eigenvalue weighted by molar-refractivity contribution is 5.95. The van der Waals surface area contributed by atoms with E-state index < -0.39 is 0 Å². The predicted octanol–water partition coefficient (Wildman–Crippen LogP) is 2.51. The molecule has 2 aromatic carbocycles. The van der Waals surface area contributed by atoms with Gasteiger partial charge in [0, 0.05) is 17.8 Å². The van der Waals surface area contributed by atoms with Gasteiger partial charge in [-0.3, -0.25) is 15.0 Å². The van der Waals surface area contributed by atoms with Crippen LogP contribution in [0.1, 0.15) is 29.3 Å². The molecule has 120 valence electrons. The average molecular weight is 311 g/mol. The fourth-order valence-electron chi connectivity index (χ4n) is 2.03. The van der Waals surface area contributed by atoms with E-state index >= 15 is 0 Å². The van der Waals surface area contributed by atoms with Gasteiger partial charge in [-0.1, -0.05) is 37.3 Å². The van der Waals surface area contributed by atoms with E-state index in [0.29, 0.717) is 17.7 Å². The summed E-state index contributed by atoms with van der Waals surface area (Å²) >= 11 is 0. The Morgan fingerprint density at radius 3 is 2.30 bits per heavy atom. The molecule has 0 unspecified atom stereocenters. The molecular weight excluding hydrogens is 290 g/mol. The van der Waals surface area contributed by atoms with Crippen LogP contribution in [0.25, 0.3) is 0 Å². The molecule has 0 aromatic heterocycles. The van der Waals surface area contributed by atoms with E-state index in [-0.39, 0.29) is 11.8 Å². The van der Waals surface area contributed by atoms with Crippen LogP contribution in [0.4, 0.5) is 5.69 Å². The van der Waals surface area contributed by atoms with Crippen molar-refractivity contribution in [3.8, 4) is 0 Å². The minimum atomic E-state index is -0.194. The Morgan fingerprint density at radius 1 is 0.957 bits per heavy atom. The van der Waals surface area contributed by atoms with Crippen LogP contribution >= 0.6 is 0 Å². The van der Waals surface area contributed by atoms with E-state index in [1.807, 2.05) is 37.3 Å². The van der Waals surface area contributed by atoms with Crippen molar-refractivity contribution in [3.63, 3.8) is 0 Å². The maximum absolute atomic E-state index is 12.0. The van der Waals surface area contributed by atoms with E-state index in [0.717, 1.165) is 18.5 Å². The first-order chi connectivity index (χ1) is 11.2. The molecule has 23 heavy (non-hydrogen) atoms. The first-order valence-corrected chi connectivity index (χ1v) is 7.66. The fourth-order valence-corrected chi connectivity index (χ4v) is 2.03. The van der Waals surface area contributed by atoms with Crippen molar-refractivity contribution in [3.05, 3.63) is 65.7 Å². The number of carbonyl (C=O) groups is 2. The molecule has 5 heteroatoms. The molecule has 0 aliphatic carbocycles. The van der Waals surface area contributed by atoms with Gasteiger partial charge in [-0.15, -0.1) is 0 Å². The number of anilines is 1.